The molecule has 0 saturated carbocycles. The minimum absolute atomic E-state index is 0.0551. The van der Waals surface area contributed by atoms with Gasteiger partial charge in [-0.15, -0.1) is 0 Å². The third-order valence-corrected chi connectivity index (χ3v) is 2.52. The van der Waals surface area contributed by atoms with Crippen LogP contribution in [-0.4, -0.2) is 21.3 Å². The molecule has 0 bridgehead atoms. The summed E-state index contributed by atoms with van der Waals surface area (Å²) in [6.45, 7) is 1.88. The average Bonchev–Trinajstić information content (AvgIpc) is 2.38. The van der Waals surface area contributed by atoms with Crippen LogP contribution in [-0.2, 0) is 0 Å². The summed E-state index contributed by atoms with van der Waals surface area (Å²) < 4.78 is 38.0. The third kappa shape index (κ3) is 2.55. The zero-order valence-corrected chi connectivity index (χ0v) is 10.9. The molecule has 5 heteroatoms. The maximum Gasteiger partial charge on any atom is 0.177 e. The Labute approximate surface area is 105 Å². The number of hydrogen-bond acceptors (Lipinski definition) is 3. The molecule has 1 aromatic carbocycles. The molecule has 0 aliphatic heterocycles. The SMILES string of the molecule is CC/C=C(\NC)c1c(F)c(OC)cc(OC)c1F. The van der Waals surface area contributed by atoms with E-state index in [4.69, 9.17) is 9.47 Å². The Hall–Kier alpha value is -1.78. The van der Waals surface area contributed by atoms with E-state index in [2.05, 4.69) is 5.32 Å². The Balaban J connectivity index is 3.53. The first-order valence-corrected chi connectivity index (χ1v) is 5.58. The molecule has 0 spiro atoms. The van der Waals surface area contributed by atoms with E-state index < -0.39 is 11.6 Å². The third-order valence-electron chi connectivity index (χ3n) is 2.52. The van der Waals surface area contributed by atoms with E-state index in [1.54, 1.807) is 13.1 Å². The zero-order chi connectivity index (χ0) is 13.7. The highest BCUT2D eigenvalue weighted by Crippen LogP contribution is 2.34. The van der Waals surface area contributed by atoms with E-state index in [1.807, 2.05) is 6.92 Å². The molecule has 1 rings (SSSR count). The van der Waals surface area contributed by atoms with Crippen molar-refractivity contribution in [3.63, 3.8) is 0 Å². The van der Waals surface area contributed by atoms with Gasteiger partial charge < -0.3 is 14.8 Å². The molecule has 1 aromatic rings. The second-order valence-electron chi connectivity index (χ2n) is 3.56. The topological polar surface area (TPSA) is 30.5 Å². The molecule has 0 amide bonds. The number of methoxy groups -OCH3 is 2. The van der Waals surface area contributed by atoms with Crippen molar-refractivity contribution in [1.82, 2.24) is 5.32 Å². The van der Waals surface area contributed by atoms with Crippen molar-refractivity contribution in [3.05, 3.63) is 29.3 Å². The Kier molecular flexibility index (Phi) is 4.95. The van der Waals surface area contributed by atoms with Crippen molar-refractivity contribution >= 4 is 5.70 Å². The first-order valence-electron chi connectivity index (χ1n) is 5.58. The Bertz CT molecular complexity index is 431. The summed E-state index contributed by atoms with van der Waals surface area (Å²) in [4.78, 5) is 0. The highest BCUT2D eigenvalue weighted by Gasteiger charge is 2.22. The van der Waals surface area contributed by atoms with Crippen molar-refractivity contribution in [2.24, 2.45) is 0 Å². The molecular weight excluding hydrogens is 240 g/mol. The molecule has 0 saturated heterocycles. The highest BCUT2D eigenvalue weighted by molar-refractivity contribution is 5.68. The van der Waals surface area contributed by atoms with Gasteiger partial charge in [-0.3, -0.25) is 0 Å². The van der Waals surface area contributed by atoms with Crippen LogP contribution in [0.1, 0.15) is 18.9 Å². The molecular formula is C13H17F2NO2. The lowest BCUT2D eigenvalue weighted by molar-refractivity contribution is 0.356. The van der Waals surface area contributed by atoms with Crippen molar-refractivity contribution in [1.29, 1.82) is 0 Å². The number of allylic oxidation sites excluding steroid dienone is 1. The van der Waals surface area contributed by atoms with Gasteiger partial charge in [0.1, 0.15) is 0 Å². The van der Waals surface area contributed by atoms with E-state index in [1.165, 1.54) is 20.3 Å². The molecule has 3 nitrogen and oxygen atoms in total. The van der Waals surface area contributed by atoms with Gasteiger partial charge in [-0.2, -0.15) is 0 Å². The molecule has 0 radical (unpaired) electrons. The predicted octanol–water partition coefficient (Wildman–Crippen LogP) is 2.95. The van der Waals surface area contributed by atoms with E-state index in [0.717, 1.165) is 0 Å². The Morgan fingerprint density at radius 1 is 1.22 bits per heavy atom. The second-order valence-corrected chi connectivity index (χ2v) is 3.56. The van der Waals surface area contributed by atoms with Crippen LogP contribution in [0.4, 0.5) is 8.78 Å². The minimum Gasteiger partial charge on any atom is -0.494 e. The van der Waals surface area contributed by atoms with E-state index in [-0.39, 0.29) is 17.1 Å². The van der Waals surface area contributed by atoms with Crippen LogP contribution in [0.3, 0.4) is 0 Å². The molecule has 1 N–H and O–H groups in total. The van der Waals surface area contributed by atoms with E-state index in [9.17, 15) is 8.78 Å². The number of benzene rings is 1. The standard InChI is InChI=1S/C13H17F2NO2/c1-5-6-8(16-2)11-12(14)9(17-3)7-10(18-4)13(11)15/h6-7,16H,5H2,1-4H3/b8-6-. The van der Waals surface area contributed by atoms with Gasteiger partial charge in [-0.1, -0.05) is 13.0 Å². The Morgan fingerprint density at radius 2 is 1.72 bits per heavy atom. The maximum absolute atomic E-state index is 14.1. The molecule has 0 heterocycles. The molecule has 100 valence electrons. The fourth-order valence-corrected chi connectivity index (χ4v) is 1.66. The van der Waals surface area contributed by atoms with Crippen molar-refractivity contribution in [2.45, 2.75) is 13.3 Å². The van der Waals surface area contributed by atoms with Crippen molar-refractivity contribution in [2.75, 3.05) is 21.3 Å². The molecule has 0 unspecified atom stereocenters. The first-order chi connectivity index (χ1) is 8.60. The smallest absolute Gasteiger partial charge is 0.177 e. The molecule has 18 heavy (non-hydrogen) atoms. The molecule has 0 atom stereocenters. The van der Waals surface area contributed by atoms with Gasteiger partial charge in [-0.05, 0) is 6.42 Å². The number of nitrogens with one attached hydrogen (secondary N) is 1. The van der Waals surface area contributed by atoms with Gasteiger partial charge in [0.05, 0.1) is 19.8 Å². The first kappa shape index (κ1) is 14.3. The van der Waals surface area contributed by atoms with Crippen LogP contribution in [0.25, 0.3) is 5.70 Å². The van der Waals surface area contributed by atoms with Crippen LogP contribution < -0.4 is 14.8 Å². The van der Waals surface area contributed by atoms with E-state index in [0.29, 0.717) is 12.1 Å². The average molecular weight is 257 g/mol. The summed E-state index contributed by atoms with van der Waals surface area (Å²) >= 11 is 0. The van der Waals surface area contributed by atoms with Crippen LogP contribution in [0.15, 0.2) is 12.1 Å². The second kappa shape index (κ2) is 6.23. The number of ether oxygens (including phenoxy) is 2. The van der Waals surface area contributed by atoms with Gasteiger partial charge in [0.15, 0.2) is 23.1 Å². The minimum atomic E-state index is -0.746. The highest BCUT2D eigenvalue weighted by atomic mass is 19.1. The van der Waals surface area contributed by atoms with Crippen LogP contribution in [0.2, 0.25) is 0 Å². The van der Waals surface area contributed by atoms with Crippen LogP contribution in [0.5, 0.6) is 11.5 Å². The normalized spacial score (nSPS) is 11.3. The number of hydrogen-bond donors (Lipinski definition) is 1. The summed E-state index contributed by atoms with van der Waals surface area (Å²) in [7, 11) is 4.25. The van der Waals surface area contributed by atoms with Gasteiger partial charge in [0, 0.05) is 18.8 Å². The lowest BCUT2D eigenvalue weighted by Crippen LogP contribution is -2.10. The quantitative estimate of drug-likeness (QED) is 0.879. The fraction of sp³-hybridized carbons (Fsp3) is 0.385. The summed E-state index contributed by atoms with van der Waals surface area (Å²) in [6, 6.07) is 1.19. The molecule has 0 aliphatic carbocycles. The fourth-order valence-electron chi connectivity index (χ4n) is 1.66. The van der Waals surface area contributed by atoms with Gasteiger partial charge >= 0.3 is 0 Å². The molecule has 0 aliphatic rings. The predicted molar refractivity (Wildman–Crippen MR) is 66.8 cm³/mol. The van der Waals surface area contributed by atoms with Gasteiger partial charge in [0.2, 0.25) is 0 Å². The summed E-state index contributed by atoms with van der Waals surface area (Å²) in [5.74, 6) is -1.60. The van der Waals surface area contributed by atoms with Crippen molar-refractivity contribution < 1.29 is 18.3 Å². The zero-order valence-electron chi connectivity index (χ0n) is 10.9. The van der Waals surface area contributed by atoms with Crippen LogP contribution in [0, 0.1) is 11.6 Å². The summed E-state index contributed by atoms with van der Waals surface area (Å²) in [6.07, 6.45) is 2.34. The number of rotatable bonds is 5. The maximum atomic E-state index is 14.1. The van der Waals surface area contributed by atoms with Gasteiger partial charge in [-0.25, -0.2) is 8.78 Å². The summed E-state index contributed by atoms with van der Waals surface area (Å²) in [5, 5.41) is 2.77. The molecule has 0 aromatic heterocycles. The van der Waals surface area contributed by atoms with E-state index >= 15 is 0 Å². The number of halogens is 2. The lowest BCUT2D eigenvalue weighted by Gasteiger charge is -2.14. The van der Waals surface area contributed by atoms with Gasteiger partial charge in [0.25, 0.3) is 0 Å². The summed E-state index contributed by atoms with van der Waals surface area (Å²) in [5.41, 5.74) is 0.195. The Morgan fingerprint density at radius 3 is 2.06 bits per heavy atom. The van der Waals surface area contributed by atoms with Crippen molar-refractivity contribution in [3.8, 4) is 11.5 Å². The largest absolute Gasteiger partial charge is 0.494 e. The lowest BCUT2D eigenvalue weighted by atomic mass is 10.1. The monoisotopic (exact) mass is 257 g/mol. The molecule has 0 fully saturated rings. The van der Waals surface area contributed by atoms with Crippen LogP contribution >= 0.6 is 0 Å².